The first-order chi connectivity index (χ1) is 8.43. The number of rotatable bonds is 2. The molecule has 0 radical (unpaired) electrons. The van der Waals surface area contributed by atoms with E-state index in [9.17, 15) is 8.42 Å². The van der Waals surface area contributed by atoms with E-state index in [1.807, 2.05) is 0 Å². The Morgan fingerprint density at radius 1 is 1.17 bits per heavy atom. The third-order valence-corrected chi connectivity index (χ3v) is 5.33. The molecule has 1 aromatic rings. The fraction of sp³-hybridized carbons (Fsp3) is 0.400. The van der Waals surface area contributed by atoms with E-state index in [1.165, 1.54) is 16.4 Å². The molecule has 1 aromatic carbocycles. The van der Waals surface area contributed by atoms with Gasteiger partial charge in [0.05, 0.1) is 28.9 Å². The number of sulfonamides is 1. The molecule has 0 atom stereocenters. The van der Waals surface area contributed by atoms with Crippen molar-refractivity contribution in [1.29, 1.82) is 0 Å². The van der Waals surface area contributed by atoms with Crippen LogP contribution >= 0.6 is 23.2 Å². The third kappa shape index (κ3) is 2.57. The van der Waals surface area contributed by atoms with E-state index in [0.717, 1.165) is 0 Å². The van der Waals surface area contributed by atoms with Crippen molar-refractivity contribution in [3.05, 3.63) is 22.2 Å². The Morgan fingerprint density at radius 2 is 1.78 bits per heavy atom. The quantitative estimate of drug-likeness (QED) is 0.842. The standard InChI is InChI=1S/C10H12Cl2N2O3S/c11-7-6-10(8(12)5-9(7)13)18(15,16)14-1-3-17-4-2-14/h5-6H,1-4,13H2. The molecule has 0 unspecified atom stereocenters. The maximum Gasteiger partial charge on any atom is 0.244 e. The molecule has 0 aromatic heterocycles. The Balaban J connectivity index is 2.43. The van der Waals surface area contributed by atoms with Crippen LogP contribution < -0.4 is 5.73 Å². The van der Waals surface area contributed by atoms with Crippen molar-refractivity contribution in [2.75, 3.05) is 32.0 Å². The number of nitrogens with two attached hydrogens (primary N) is 1. The van der Waals surface area contributed by atoms with Crippen LogP contribution in [0.3, 0.4) is 0 Å². The Hall–Kier alpha value is -0.530. The summed E-state index contributed by atoms with van der Waals surface area (Å²) in [7, 11) is -3.65. The number of halogens is 2. The van der Waals surface area contributed by atoms with Crippen molar-refractivity contribution in [2.45, 2.75) is 4.90 Å². The van der Waals surface area contributed by atoms with Gasteiger partial charge in [-0.25, -0.2) is 8.42 Å². The maximum atomic E-state index is 12.4. The van der Waals surface area contributed by atoms with E-state index in [1.54, 1.807) is 0 Å². The number of nitrogen functional groups attached to an aromatic ring is 1. The van der Waals surface area contributed by atoms with E-state index in [4.69, 9.17) is 33.7 Å². The SMILES string of the molecule is Nc1cc(Cl)c(S(=O)(=O)N2CCOCC2)cc1Cl. The first kappa shape index (κ1) is 13.9. The molecular weight excluding hydrogens is 299 g/mol. The van der Waals surface area contributed by atoms with E-state index in [2.05, 4.69) is 0 Å². The minimum Gasteiger partial charge on any atom is -0.397 e. The molecular formula is C10H12Cl2N2O3S. The van der Waals surface area contributed by atoms with Gasteiger partial charge in [0.25, 0.3) is 0 Å². The number of benzene rings is 1. The second-order valence-electron chi connectivity index (χ2n) is 3.82. The van der Waals surface area contributed by atoms with Gasteiger partial charge in [-0.3, -0.25) is 0 Å². The summed E-state index contributed by atoms with van der Waals surface area (Å²) in [6.07, 6.45) is 0. The van der Waals surface area contributed by atoms with E-state index in [0.29, 0.717) is 26.3 Å². The molecule has 0 bridgehead atoms. The number of hydrogen-bond acceptors (Lipinski definition) is 4. The predicted molar refractivity (Wildman–Crippen MR) is 70.5 cm³/mol. The first-order valence-corrected chi connectivity index (χ1v) is 7.45. The zero-order valence-corrected chi connectivity index (χ0v) is 11.7. The smallest absolute Gasteiger partial charge is 0.244 e. The Labute approximate surface area is 115 Å². The molecule has 5 nitrogen and oxygen atoms in total. The molecule has 1 heterocycles. The maximum absolute atomic E-state index is 12.4. The lowest BCUT2D eigenvalue weighted by Crippen LogP contribution is -2.40. The van der Waals surface area contributed by atoms with Crippen LogP contribution in [0, 0.1) is 0 Å². The first-order valence-electron chi connectivity index (χ1n) is 5.25. The molecule has 1 aliphatic heterocycles. The minimum absolute atomic E-state index is 0.0229. The molecule has 8 heteroatoms. The molecule has 0 spiro atoms. The van der Waals surface area contributed by atoms with Crippen LogP contribution in [-0.2, 0) is 14.8 Å². The molecule has 2 rings (SSSR count). The van der Waals surface area contributed by atoms with Gasteiger partial charge in [-0.2, -0.15) is 4.31 Å². The highest BCUT2D eigenvalue weighted by molar-refractivity contribution is 7.89. The second-order valence-corrected chi connectivity index (χ2v) is 6.54. The normalized spacial score (nSPS) is 17.9. The highest BCUT2D eigenvalue weighted by atomic mass is 35.5. The van der Waals surface area contributed by atoms with Crippen LogP contribution in [0.1, 0.15) is 0 Å². The second kappa shape index (κ2) is 5.22. The zero-order valence-electron chi connectivity index (χ0n) is 9.40. The summed E-state index contributed by atoms with van der Waals surface area (Å²) >= 11 is 11.8. The third-order valence-electron chi connectivity index (χ3n) is 2.64. The van der Waals surface area contributed by atoms with Crippen LogP contribution in [0.2, 0.25) is 10.0 Å². The van der Waals surface area contributed by atoms with Gasteiger partial charge in [0.2, 0.25) is 10.0 Å². The van der Waals surface area contributed by atoms with Gasteiger partial charge >= 0.3 is 0 Å². The van der Waals surface area contributed by atoms with Gasteiger partial charge in [0, 0.05) is 13.1 Å². The highest BCUT2D eigenvalue weighted by Crippen LogP contribution is 2.32. The summed E-state index contributed by atoms with van der Waals surface area (Å²) in [6.45, 7) is 1.36. The van der Waals surface area contributed by atoms with Crippen molar-refractivity contribution in [3.8, 4) is 0 Å². The number of hydrogen-bond donors (Lipinski definition) is 1. The van der Waals surface area contributed by atoms with Crippen molar-refractivity contribution >= 4 is 38.9 Å². The van der Waals surface area contributed by atoms with Crippen molar-refractivity contribution in [1.82, 2.24) is 4.31 Å². The summed E-state index contributed by atoms with van der Waals surface area (Å²) < 4.78 is 31.2. The molecule has 0 saturated carbocycles. The van der Waals surface area contributed by atoms with Crippen LogP contribution in [0.4, 0.5) is 5.69 Å². The van der Waals surface area contributed by atoms with Crippen LogP contribution in [0.15, 0.2) is 17.0 Å². The largest absolute Gasteiger partial charge is 0.397 e. The van der Waals surface area contributed by atoms with Crippen LogP contribution in [-0.4, -0.2) is 39.0 Å². The monoisotopic (exact) mass is 310 g/mol. The van der Waals surface area contributed by atoms with Gasteiger partial charge in [-0.1, -0.05) is 23.2 Å². The average molecular weight is 311 g/mol. The summed E-state index contributed by atoms with van der Waals surface area (Å²) in [5, 5.41) is 0.245. The summed E-state index contributed by atoms with van der Waals surface area (Å²) in [5.74, 6) is 0. The zero-order chi connectivity index (χ0) is 13.3. The molecule has 0 aliphatic carbocycles. The molecule has 2 N–H and O–H groups in total. The highest BCUT2D eigenvalue weighted by Gasteiger charge is 2.28. The number of nitrogens with zero attached hydrogens (tertiary/aromatic N) is 1. The van der Waals surface area contributed by atoms with Crippen molar-refractivity contribution in [2.24, 2.45) is 0 Å². The average Bonchev–Trinajstić information content (AvgIpc) is 2.34. The lowest BCUT2D eigenvalue weighted by molar-refractivity contribution is 0.0730. The minimum atomic E-state index is -3.65. The Bertz CT molecular complexity index is 556. The van der Waals surface area contributed by atoms with Gasteiger partial charge < -0.3 is 10.5 Å². The van der Waals surface area contributed by atoms with Gasteiger partial charge in [-0.15, -0.1) is 0 Å². The Morgan fingerprint density at radius 3 is 2.39 bits per heavy atom. The summed E-state index contributed by atoms with van der Waals surface area (Å²) in [6, 6.07) is 2.63. The van der Waals surface area contributed by atoms with E-state index >= 15 is 0 Å². The topological polar surface area (TPSA) is 72.6 Å². The summed E-state index contributed by atoms with van der Waals surface area (Å²) in [5.41, 5.74) is 5.82. The number of anilines is 1. The van der Waals surface area contributed by atoms with E-state index < -0.39 is 10.0 Å². The van der Waals surface area contributed by atoms with Gasteiger partial charge in [-0.05, 0) is 12.1 Å². The lowest BCUT2D eigenvalue weighted by atomic mass is 10.3. The fourth-order valence-electron chi connectivity index (χ4n) is 1.67. The number of ether oxygens (including phenoxy) is 1. The molecule has 1 saturated heterocycles. The fourth-order valence-corrected chi connectivity index (χ4v) is 3.84. The van der Waals surface area contributed by atoms with Gasteiger partial charge in [0.15, 0.2) is 0 Å². The van der Waals surface area contributed by atoms with E-state index in [-0.39, 0.29) is 20.6 Å². The van der Waals surface area contributed by atoms with Crippen LogP contribution in [0.5, 0.6) is 0 Å². The summed E-state index contributed by atoms with van der Waals surface area (Å²) in [4.78, 5) is -0.0229. The Kier molecular flexibility index (Phi) is 4.03. The van der Waals surface area contributed by atoms with Crippen molar-refractivity contribution in [3.63, 3.8) is 0 Å². The number of morpholine rings is 1. The van der Waals surface area contributed by atoms with Gasteiger partial charge in [0.1, 0.15) is 4.90 Å². The predicted octanol–water partition coefficient (Wildman–Crippen LogP) is 1.60. The molecule has 1 fully saturated rings. The van der Waals surface area contributed by atoms with Crippen LogP contribution in [0.25, 0.3) is 0 Å². The van der Waals surface area contributed by atoms with Crippen molar-refractivity contribution < 1.29 is 13.2 Å². The molecule has 100 valence electrons. The molecule has 0 amide bonds. The lowest BCUT2D eigenvalue weighted by Gasteiger charge is -2.26. The molecule has 1 aliphatic rings. The molecule has 18 heavy (non-hydrogen) atoms.